The highest BCUT2D eigenvalue weighted by Crippen LogP contribution is 2.47. The molecule has 12 nitrogen and oxygen atoms in total. The molecule has 0 saturated carbocycles. The maximum absolute atomic E-state index is 17.7. The van der Waals surface area contributed by atoms with Gasteiger partial charge in [0.15, 0.2) is 11.4 Å². The van der Waals surface area contributed by atoms with E-state index in [4.69, 9.17) is 14.2 Å². The first-order valence-corrected chi connectivity index (χ1v) is 32.4. The Labute approximate surface area is 553 Å². The van der Waals surface area contributed by atoms with Gasteiger partial charge in [0, 0.05) is 58.2 Å². The summed E-state index contributed by atoms with van der Waals surface area (Å²) in [7, 11) is -1.84. The molecule has 9 aromatic carbocycles. The molecule has 10 aromatic rings. The molecule has 3 aliphatic rings. The van der Waals surface area contributed by atoms with E-state index in [2.05, 4.69) is 72.5 Å². The van der Waals surface area contributed by atoms with Gasteiger partial charge in [-0.1, -0.05) is 147 Å². The van der Waals surface area contributed by atoms with Crippen molar-refractivity contribution in [3.63, 3.8) is 0 Å². The molecule has 0 N–H and O–H groups in total. The van der Waals surface area contributed by atoms with Gasteiger partial charge < -0.3 is 19.1 Å². The smallest absolute Gasteiger partial charge is 0.457 e. The zero-order valence-electron chi connectivity index (χ0n) is 54.3. The number of ether oxygens (including phenoxy) is 3. The van der Waals surface area contributed by atoms with Crippen molar-refractivity contribution in [3.8, 4) is 16.9 Å². The number of fused-ring (bicyclic) bond motifs is 2. The van der Waals surface area contributed by atoms with E-state index < -0.39 is 25.2 Å². The molecule has 0 saturated heterocycles. The number of amides is 2. The number of allylic oxidation sites excluding steroid dienone is 1. The average molecular weight is 1260 g/mol. The minimum absolute atomic E-state index is 0.0333. The Kier molecular flexibility index (Phi) is 17.6. The number of anilines is 4. The van der Waals surface area contributed by atoms with Crippen molar-refractivity contribution < 1.29 is 47.0 Å². The summed E-state index contributed by atoms with van der Waals surface area (Å²) in [4.78, 5) is 73.8. The van der Waals surface area contributed by atoms with Crippen molar-refractivity contribution in [1.29, 1.82) is 0 Å². The van der Waals surface area contributed by atoms with E-state index in [1.807, 2.05) is 141 Å². The van der Waals surface area contributed by atoms with E-state index in [-0.39, 0.29) is 42.6 Å². The van der Waals surface area contributed by atoms with E-state index in [0.29, 0.717) is 80.3 Å². The molecule has 14 heteroatoms. The second kappa shape index (κ2) is 26.6. The topological polar surface area (TPSA) is 127 Å². The summed E-state index contributed by atoms with van der Waals surface area (Å²) in [6.07, 6.45) is 4.41. The van der Waals surface area contributed by atoms with Crippen molar-refractivity contribution >= 4 is 81.8 Å². The van der Waals surface area contributed by atoms with Crippen LogP contribution in [0.3, 0.4) is 0 Å². The maximum Gasteiger partial charge on any atom is 0.846 e. The van der Waals surface area contributed by atoms with Crippen LogP contribution in [0.15, 0.2) is 223 Å². The Morgan fingerprint density at radius 1 is 0.568 bits per heavy atom. The maximum atomic E-state index is 17.7. The van der Waals surface area contributed by atoms with Crippen molar-refractivity contribution in [2.45, 2.75) is 100 Å². The van der Waals surface area contributed by atoms with Gasteiger partial charge in [-0.3, -0.25) is 18.9 Å². The van der Waals surface area contributed by atoms with Crippen LogP contribution >= 0.6 is 0 Å². The zero-order chi connectivity index (χ0) is 66.2. The molecule has 13 rings (SSSR count). The minimum atomic E-state index is -1.84. The van der Waals surface area contributed by atoms with E-state index in [1.165, 1.54) is 19.4 Å². The Bertz CT molecular complexity index is 4760. The lowest BCUT2D eigenvalue weighted by Crippen LogP contribution is -2.41. The van der Waals surface area contributed by atoms with Gasteiger partial charge in [0.05, 0.1) is 22.5 Å². The zero-order valence-corrected chi connectivity index (χ0v) is 54.3. The molecule has 95 heavy (non-hydrogen) atoms. The molecule has 0 radical (unpaired) electrons. The summed E-state index contributed by atoms with van der Waals surface area (Å²) in [6.45, 7) is 13.1. The van der Waals surface area contributed by atoms with Crippen LogP contribution in [0.5, 0.6) is 5.75 Å². The fourth-order valence-electron chi connectivity index (χ4n) is 13.9. The van der Waals surface area contributed by atoms with E-state index in [1.54, 1.807) is 45.9 Å². The van der Waals surface area contributed by atoms with E-state index in [9.17, 15) is 24.0 Å². The second-order valence-electron chi connectivity index (χ2n) is 24.7. The van der Waals surface area contributed by atoms with Gasteiger partial charge in [0.2, 0.25) is 0 Å². The predicted molar refractivity (Wildman–Crippen MR) is 372 cm³/mol. The van der Waals surface area contributed by atoms with Gasteiger partial charge in [-0.2, -0.15) is 0 Å². The molecular formula is C81H71BFN4O8+. The number of imide groups is 1. The third-order valence-electron chi connectivity index (χ3n) is 18.5. The molecule has 472 valence electrons. The number of aryl methyl sites for hydroxylation is 4. The van der Waals surface area contributed by atoms with Crippen LogP contribution in [-0.4, -0.2) is 51.7 Å². The van der Waals surface area contributed by atoms with Gasteiger partial charge in [0.25, 0.3) is 11.8 Å². The number of carbonyl (C=O) groups is 5. The van der Waals surface area contributed by atoms with Gasteiger partial charge in [-0.25, -0.2) is 23.3 Å². The van der Waals surface area contributed by atoms with Gasteiger partial charge in [-0.05, 0) is 194 Å². The molecule has 0 unspecified atom stereocenters. The lowest BCUT2D eigenvalue weighted by Gasteiger charge is -2.28. The lowest BCUT2D eigenvalue weighted by atomic mass is 9.83. The average Bonchev–Trinajstić information content (AvgIpc) is 1.58. The molecule has 0 spiro atoms. The normalized spacial score (nSPS) is 13.4. The fourth-order valence-corrected chi connectivity index (χ4v) is 13.9. The predicted octanol–water partition coefficient (Wildman–Crippen LogP) is 17.6. The molecule has 0 atom stereocenters. The number of hydrogen-bond donors (Lipinski definition) is 0. The van der Waals surface area contributed by atoms with E-state index >= 15 is 4.32 Å². The van der Waals surface area contributed by atoms with Crippen LogP contribution in [0.2, 0.25) is 0 Å². The monoisotopic (exact) mass is 1260 g/mol. The number of esters is 3. The van der Waals surface area contributed by atoms with Crippen molar-refractivity contribution in [2.75, 3.05) is 9.80 Å². The van der Waals surface area contributed by atoms with Crippen LogP contribution in [0.1, 0.15) is 133 Å². The summed E-state index contributed by atoms with van der Waals surface area (Å²) in [6, 6.07) is 66.4. The molecule has 4 heterocycles. The van der Waals surface area contributed by atoms with Gasteiger partial charge in [-0.15, -0.1) is 0 Å². The summed E-state index contributed by atoms with van der Waals surface area (Å²) in [5, 5.41) is 1.49. The number of hydrogen-bond acceptors (Lipinski definition) is 9. The quantitative estimate of drug-likeness (QED) is 0.0317. The van der Waals surface area contributed by atoms with Crippen molar-refractivity contribution in [3.05, 3.63) is 296 Å². The SMILES string of the molecule is CCCCc1ccc(N2C(=O)c3cccc4c(-c5ccc(N(c6ccccc6)c6ccc(CCCC(=O)Oc7cc(C)c(C8=C9C(C)=C(C(=O)OCc%10ccccc%10)C(C)=[N+]9B(F)n9c(C)c(C(=O)OCc%10ccccc%10)c(C)c98)c(C)c7)cc6)cc5)ccc(c34)C2=O)cc1. The number of aromatic nitrogens is 1. The first kappa shape index (κ1) is 62.8. The summed E-state index contributed by atoms with van der Waals surface area (Å²) in [5.41, 5.74) is 16.1. The standard InChI is InChI=1S/C81H71BFN4O8/c1-8-9-21-56-34-40-64(41-35-56)85-78(89)68-30-20-29-67-66(44-45-69(74(67)68)79(85)90)60-36-42-63(43-37-60)84(61-27-17-12-18-28-61)62-38-32-57(33-39-62)26-19-31-70(88)95-65-46-50(2)71(51(3)47-65)75-76-52(4)72(80(91)93-48-58-22-13-10-14-23-58)54(6)86(76)82(83)87-55(7)73(53(5)77(75)87)81(92)94-49-59-24-15-11-16-25-59/h10-18,20,22-25,27-30,32-47H,8-9,19,21,26,31,48-49H2,1-7H3/q+1. The fraction of sp³-hybridized carbons (Fsp3) is 0.185. The van der Waals surface area contributed by atoms with Crippen molar-refractivity contribution in [2.24, 2.45) is 0 Å². The molecular weight excluding hydrogens is 1190 g/mol. The number of unbranched alkanes of at least 4 members (excludes halogenated alkanes) is 1. The molecule has 0 bridgehead atoms. The first-order valence-electron chi connectivity index (χ1n) is 32.4. The molecule has 2 amide bonds. The van der Waals surface area contributed by atoms with Crippen LogP contribution < -0.4 is 14.5 Å². The highest BCUT2D eigenvalue weighted by atomic mass is 19.1. The number of rotatable bonds is 20. The third-order valence-corrected chi connectivity index (χ3v) is 18.5. The molecule has 0 aliphatic carbocycles. The van der Waals surface area contributed by atoms with Crippen molar-refractivity contribution in [1.82, 2.24) is 4.48 Å². The summed E-state index contributed by atoms with van der Waals surface area (Å²) < 4.78 is 38.6. The van der Waals surface area contributed by atoms with Gasteiger partial charge >= 0.3 is 25.2 Å². The van der Waals surface area contributed by atoms with Crippen LogP contribution in [-0.2, 0) is 45.1 Å². The Balaban J connectivity index is 0.718. The Morgan fingerprint density at radius 2 is 1.11 bits per heavy atom. The number of para-hydroxylation sites is 1. The van der Waals surface area contributed by atoms with Gasteiger partial charge in [0.1, 0.15) is 24.5 Å². The first-order chi connectivity index (χ1) is 46.1. The molecule has 3 aliphatic heterocycles. The van der Waals surface area contributed by atoms with E-state index in [0.717, 1.165) is 86.2 Å². The Morgan fingerprint density at radius 3 is 1.72 bits per heavy atom. The second-order valence-corrected chi connectivity index (χ2v) is 24.7. The van der Waals surface area contributed by atoms with Crippen LogP contribution in [0.4, 0.5) is 27.1 Å². The number of nitrogens with zero attached hydrogens (tertiary/aromatic N) is 4. The summed E-state index contributed by atoms with van der Waals surface area (Å²) in [5.74, 6) is -1.88. The number of carbonyl (C=O) groups excluding carboxylic acids is 5. The Hall–Kier alpha value is -11.0. The number of halogens is 1. The highest BCUT2D eigenvalue weighted by Gasteiger charge is 2.56. The molecule has 0 fully saturated rings. The minimum Gasteiger partial charge on any atom is -0.457 e. The molecule has 1 aromatic heterocycles. The third kappa shape index (κ3) is 11.9. The summed E-state index contributed by atoms with van der Waals surface area (Å²) >= 11 is 0. The number of benzene rings is 9. The highest BCUT2D eigenvalue weighted by molar-refractivity contribution is 6.45. The largest absolute Gasteiger partial charge is 0.846 e. The lowest BCUT2D eigenvalue weighted by molar-refractivity contribution is -0.337. The van der Waals surface area contributed by atoms with Crippen LogP contribution in [0, 0.1) is 27.7 Å². The van der Waals surface area contributed by atoms with Crippen LogP contribution in [0.25, 0.3) is 27.5 Å².